The highest BCUT2D eigenvalue weighted by Crippen LogP contribution is 1.96. The Kier molecular flexibility index (Phi) is 12.4. The van der Waals surface area contributed by atoms with Gasteiger partial charge in [0.05, 0.1) is 24.3 Å². The number of thioether (sulfide) groups is 1. The molecule has 0 aromatic rings. The first-order valence-electron chi connectivity index (χ1n) is 5.94. The van der Waals surface area contributed by atoms with Gasteiger partial charge in [-0.2, -0.15) is 0 Å². The summed E-state index contributed by atoms with van der Waals surface area (Å²) in [5.41, 5.74) is 0. The van der Waals surface area contributed by atoms with Crippen LogP contribution in [0.2, 0.25) is 0 Å². The fourth-order valence-corrected chi connectivity index (χ4v) is 1.41. The second-order valence-corrected chi connectivity index (χ2v) is 4.39. The van der Waals surface area contributed by atoms with Gasteiger partial charge >= 0.3 is 5.97 Å². The highest BCUT2D eigenvalue weighted by atomic mass is 32.2. The summed E-state index contributed by atoms with van der Waals surface area (Å²) in [5.74, 6) is 17.5. The molecule has 0 saturated carbocycles. The average molecular weight is 262 g/mol. The molecule has 96 valence electrons. The van der Waals surface area contributed by atoms with Crippen LogP contribution in [0.4, 0.5) is 0 Å². The highest BCUT2D eigenvalue weighted by Gasteiger charge is 1.92. The summed E-state index contributed by atoms with van der Waals surface area (Å²) >= 11 is 1.30. The van der Waals surface area contributed by atoms with Crippen molar-refractivity contribution in [2.24, 2.45) is 0 Å². The zero-order chi connectivity index (χ0) is 13.5. The van der Waals surface area contributed by atoms with Crippen LogP contribution in [0.1, 0.15) is 39.0 Å². The summed E-state index contributed by atoms with van der Waals surface area (Å²) in [5, 5.41) is 8.39. The van der Waals surface area contributed by atoms with Crippen LogP contribution in [-0.2, 0) is 4.79 Å². The lowest BCUT2D eigenvalue weighted by Crippen LogP contribution is -1.97. The number of carboxylic acid groups (broad SMARTS) is 1. The van der Waals surface area contributed by atoms with Gasteiger partial charge in [0.1, 0.15) is 0 Å². The molecule has 0 aromatic heterocycles. The van der Waals surface area contributed by atoms with Gasteiger partial charge in [0.25, 0.3) is 0 Å². The number of hydrogen-bond donors (Lipinski definition) is 1. The van der Waals surface area contributed by atoms with E-state index in [9.17, 15) is 4.79 Å². The van der Waals surface area contributed by atoms with E-state index < -0.39 is 5.97 Å². The summed E-state index contributed by atoms with van der Waals surface area (Å²) < 4.78 is 0. The molecule has 3 heteroatoms. The molecule has 0 atom stereocenters. The van der Waals surface area contributed by atoms with Gasteiger partial charge in [0.2, 0.25) is 0 Å². The van der Waals surface area contributed by atoms with E-state index in [4.69, 9.17) is 5.11 Å². The third kappa shape index (κ3) is 14.5. The topological polar surface area (TPSA) is 37.3 Å². The predicted octanol–water partition coefficient (Wildman–Crippen LogP) is 2.78. The highest BCUT2D eigenvalue weighted by molar-refractivity contribution is 8.00. The van der Waals surface area contributed by atoms with Crippen LogP contribution in [0.3, 0.4) is 0 Å². The maximum atomic E-state index is 10.2. The molecule has 0 saturated heterocycles. The van der Waals surface area contributed by atoms with Crippen LogP contribution in [0.25, 0.3) is 0 Å². The van der Waals surface area contributed by atoms with E-state index in [0.717, 1.165) is 12.8 Å². The zero-order valence-corrected chi connectivity index (χ0v) is 11.5. The Hall–Kier alpha value is -1.50. The Labute approximate surface area is 114 Å². The monoisotopic (exact) mass is 262 g/mol. The van der Waals surface area contributed by atoms with Crippen molar-refractivity contribution >= 4 is 17.7 Å². The average Bonchev–Trinajstić information content (AvgIpc) is 2.34. The molecule has 0 aliphatic carbocycles. The van der Waals surface area contributed by atoms with Gasteiger partial charge in [-0.25, -0.2) is 0 Å². The smallest absolute Gasteiger partial charge is 0.313 e. The largest absolute Gasteiger partial charge is 0.481 e. The first-order valence-corrected chi connectivity index (χ1v) is 7.09. The summed E-state index contributed by atoms with van der Waals surface area (Å²) in [4.78, 5) is 10.2. The Balaban J connectivity index is 3.50. The second kappa shape index (κ2) is 13.6. The summed E-state index contributed by atoms with van der Waals surface area (Å²) in [6, 6.07) is 0. The van der Waals surface area contributed by atoms with Crippen molar-refractivity contribution in [2.75, 3.05) is 11.5 Å². The van der Waals surface area contributed by atoms with E-state index in [1.807, 2.05) is 0 Å². The van der Waals surface area contributed by atoms with Crippen LogP contribution in [-0.4, -0.2) is 22.6 Å². The van der Waals surface area contributed by atoms with Crippen molar-refractivity contribution in [1.29, 1.82) is 0 Å². The van der Waals surface area contributed by atoms with Crippen molar-refractivity contribution in [3.8, 4) is 35.5 Å². The van der Waals surface area contributed by atoms with E-state index in [0.29, 0.717) is 18.6 Å². The van der Waals surface area contributed by atoms with Gasteiger partial charge in [-0.1, -0.05) is 42.9 Å². The molecule has 0 aromatic carbocycles. The first kappa shape index (κ1) is 16.5. The number of unbranched alkanes of at least 4 members (excludes halogenated alkanes) is 2. The van der Waals surface area contributed by atoms with Crippen LogP contribution in [0.15, 0.2) is 0 Å². The Morgan fingerprint density at radius 2 is 1.67 bits per heavy atom. The Morgan fingerprint density at radius 1 is 1.06 bits per heavy atom. The minimum atomic E-state index is -0.803. The van der Waals surface area contributed by atoms with E-state index in [1.165, 1.54) is 18.2 Å². The SMILES string of the molecule is CCCCC#CCC#CCC#CCSCC(=O)O. The second-order valence-electron chi connectivity index (χ2n) is 3.40. The summed E-state index contributed by atoms with van der Waals surface area (Å²) in [7, 11) is 0. The lowest BCUT2D eigenvalue weighted by molar-refractivity contribution is -0.133. The lowest BCUT2D eigenvalue weighted by atomic mass is 10.2. The standard InChI is InChI=1S/C15H18O2S/c1-2-3-4-5-6-7-8-9-10-11-12-13-18-14-15(16)17/h2-4,7,10,13-14H2,1H3,(H,16,17). The van der Waals surface area contributed by atoms with Crippen molar-refractivity contribution in [3.63, 3.8) is 0 Å². The fraction of sp³-hybridized carbons (Fsp3) is 0.533. The van der Waals surface area contributed by atoms with E-state index in [2.05, 4.69) is 42.4 Å². The third-order valence-electron chi connectivity index (χ3n) is 1.78. The summed E-state index contributed by atoms with van der Waals surface area (Å²) in [6.45, 7) is 2.15. The van der Waals surface area contributed by atoms with Gasteiger partial charge in [-0.15, -0.1) is 17.7 Å². The molecule has 1 N–H and O–H groups in total. The maximum absolute atomic E-state index is 10.2. The van der Waals surface area contributed by atoms with Crippen LogP contribution < -0.4 is 0 Å². The minimum absolute atomic E-state index is 0.105. The Morgan fingerprint density at radius 3 is 2.28 bits per heavy atom. The minimum Gasteiger partial charge on any atom is -0.481 e. The number of carboxylic acids is 1. The van der Waals surface area contributed by atoms with Gasteiger partial charge in [0, 0.05) is 6.42 Å². The quantitative estimate of drug-likeness (QED) is 0.611. The first-order chi connectivity index (χ1) is 8.77. The van der Waals surface area contributed by atoms with Crippen molar-refractivity contribution in [1.82, 2.24) is 0 Å². The molecule has 0 heterocycles. The molecule has 2 nitrogen and oxygen atoms in total. The number of aliphatic carboxylic acids is 1. The van der Waals surface area contributed by atoms with Crippen molar-refractivity contribution in [2.45, 2.75) is 39.0 Å². The Bertz CT molecular complexity index is 407. The fourth-order valence-electron chi connectivity index (χ4n) is 0.932. The number of hydrogen-bond acceptors (Lipinski definition) is 2. The predicted molar refractivity (Wildman–Crippen MR) is 77.0 cm³/mol. The molecule has 0 spiro atoms. The van der Waals surface area contributed by atoms with Gasteiger partial charge < -0.3 is 5.11 Å². The molecular formula is C15H18O2S. The molecule has 0 aliphatic heterocycles. The van der Waals surface area contributed by atoms with Crippen molar-refractivity contribution in [3.05, 3.63) is 0 Å². The zero-order valence-electron chi connectivity index (χ0n) is 10.7. The van der Waals surface area contributed by atoms with Gasteiger partial charge in [0.15, 0.2) is 0 Å². The normalized spacial score (nSPS) is 8.06. The number of rotatable bonds is 5. The van der Waals surface area contributed by atoms with Gasteiger partial charge in [-0.05, 0) is 6.42 Å². The molecule has 0 fully saturated rings. The summed E-state index contributed by atoms with van der Waals surface area (Å²) in [6.07, 6.45) is 4.43. The molecule has 0 rings (SSSR count). The third-order valence-corrected chi connectivity index (χ3v) is 2.58. The van der Waals surface area contributed by atoms with Crippen LogP contribution >= 0.6 is 11.8 Å². The van der Waals surface area contributed by atoms with Crippen LogP contribution in [0, 0.1) is 35.5 Å². The van der Waals surface area contributed by atoms with Gasteiger partial charge in [-0.3, -0.25) is 4.79 Å². The molecular weight excluding hydrogens is 244 g/mol. The molecule has 0 unspecified atom stereocenters. The van der Waals surface area contributed by atoms with Crippen LogP contribution in [0.5, 0.6) is 0 Å². The van der Waals surface area contributed by atoms with E-state index >= 15 is 0 Å². The van der Waals surface area contributed by atoms with E-state index in [1.54, 1.807) is 0 Å². The van der Waals surface area contributed by atoms with E-state index in [-0.39, 0.29) is 5.75 Å². The molecule has 0 amide bonds. The van der Waals surface area contributed by atoms with Crippen molar-refractivity contribution < 1.29 is 9.90 Å². The maximum Gasteiger partial charge on any atom is 0.313 e. The number of carbonyl (C=O) groups is 1. The molecule has 0 aliphatic rings. The lowest BCUT2D eigenvalue weighted by Gasteiger charge is -1.87. The molecule has 0 radical (unpaired) electrons. The molecule has 18 heavy (non-hydrogen) atoms. The molecule has 0 bridgehead atoms.